The first-order valence-corrected chi connectivity index (χ1v) is 7.21. The van der Waals surface area contributed by atoms with Crippen molar-refractivity contribution in [2.75, 3.05) is 0 Å². The predicted molar refractivity (Wildman–Crippen MR) is 83.7 cm³/mol. The average Bonchev–Trinajstić information content (AvgIpc) is 2.48. The molecule has 2 nitrogen and oxygen atoms in total. The standard InChI is InChI=1S/C16H7BrClFO2/c17-14-15(18)13(20)7-12(16(14)21)10-3-1-2-8-4-5-9(19)6-11(8)10/h1-7H. The fraction of sp³-hybridized carbons (Fsp3) is 0. The molecule has 0 heterocycles. The number of fused-ring (bicyclic) bond motifs is 1. The highest BCUT2D eigenvalue weighted by Crippen LogP contribution is 2.34. The van der Waals surface area contributed by atoms with Gasteiger partial charge in [-0.2, -0.15) is 0 Å². The van der Waals surface area contributed by atoms with E-state index in [1.54, 1.807) is 18.2 Å². The number of halogens is 3. The summed E-state index contributed by atoms with van der Waals surface area (Å²) < 4.78 is 13.5. The molecule has 1 aliphatic carbocycles. The number of rotatable bonds is 1. The molecular formula is C16H7BrClFO2. The van der Waals surface area contributed by atoms with Crippen LogP contribution in [0, 0.1) is 5.82 Å². The lowest BCUT2D eigenvalue weighted by atomic mass is 9.92. The third kappa shape index (κ3) is 2.34. The molecule has 2 aromatic carbocycles. The van der Waals surface area contributed by atoms with Crippen molar-refractivity contribution in [3.8, 4) is 0 Å². The Balaban J connectivity index is 2.27. The summed E-state index contributed by atoms with van der Waals surface area (Å²) in [6, 6.07) is 9.56. The predicted octanol–water partition coefficient (Wildman–Crippen LogP) is 4.36. The van der Waals surface area contributed by atoms with Gasteiger partial charge in [-0.05, 0) is 50.5 Å². The molecule has 0 aliphatic heterocycles. The minimum atomic E-state index is -0.452. The molecule has 0 unspecified atom stereocenters. The van der Waals surface area contributed by atoms with Crippen molar-refractivity contribution in [1.29, 1.82) is 0 Å². The molecule has 0 radical (unpaired) electrons. The van der Waals surface area contributed by atoms with Crippen molar-refractivity contribution in [1.82, 2.24) is 0 Å². The summed E-state index contributed by atoms with van der Waals surface area (Å²) in [5.41, 5.74) is 0.707. The molecule has 0 aromatic heterocycles. The molecule has 3 rings (SSSR count). The fourth-order valence-electron chi connectivity index (χ4n) is 2.27. The summed E-state index contributed by atoms with van der Waals surface area (Å²) in [5.74, 6) is -1.25. The Morgan fingerprint density at radius 3 is 2.62 bits per heavy atom. The second-order valence-corrected chi connectivity index (χ2v) is 5.72. The Morgan fingerprint density at radius 2 is 1.86 bits per heavy atom. The largest absolute Gasteiger partial charge is 0.288 e. The Morgan fingerprint density at radius 1 is 1.10 bits per heavy atom. The van der Waals surface area contributed by atoms with Crippen molar-refractivity contribution >= 4 is 55.4 Å². The lowest BCUT2D eigenvalue weighted by molar-refractivity contribution is -0.113. The molecule has 0 amide bonds. The lowest BCUT2D eigenvalue weighted by Crippen LogP contribution is -2.13. The maximum atomic E-state index is 13.5. The van der Waals surface area contributed by atoms with Crippen LogP contribution in [0.1, 0.15) is 5.56 Å². The van der Waals surface area contributed by atoms with Gasteiger partial charge >= 0.3 is 0 Å². The molecule has 104 valence electrons. The van der Waals surface area contributed by atoms with Crippen LogP contribution in [0.25, 0.3) is 16.3 Å². The van der Waals surface area contributed by atoms with Crippen LogP contribution in [0.4, 0.5) is 4.39 Å². The molecule has 5 heteroatoms. The van der Waals surface area contributed by atoms with E-state index in [0.717, 1.165) is 5.39 Å². The molecule has 0 saturated carbocycles. The third-order valence-electron chi connectivity index (χ3n) is 3.26. The van der Waals surface area contributed by atoms with E-state index >= 15 is 0 Å². The van der Waals surface area contributed by atoms with Gasteiger partial charge in [0.2, 0.25) is 5.78 Å². The number of carbonyl (C=O) groups excluding carboxylic acids is 2. The maximum Gasteiger partial charge on any atom is 0.202 e. The first kappa shape index (κ1) is 14.2. The van der Waals surface area contributed by atoms with E-state index in [4.69, 9.17) is 11.6 Å². The van der Waals surface area contributed by atoms with E-state index in [2.05, 4.69) is 15.9 Å². The topological polar surface area (TPSA) is 34.1 Å². The summed E-state index contributed by atoms with van der Waals surface area (Å²) in [7, 11) is 0. The number of carbonyl (C=O) groups is 2. The molecule has 2 aromatic rings. The van der Waals surface area contributed by atoms with Crippen LogP contribution in [0.5, 0.6) is 0 Å². The zero-order valence-electron chi connectivity index (χ0n) is 10.5. The number of hydrogen-bond acceptors (Lipinski definition) is 2. The fourth-order valence-corrected chi connectivity index (χ4v) is 2.82. The van der Waals surface area contributed by atoms with Crippen LogP contribution < -0.4 is 0 Å². The van der Waals surface area contributed by atoms with Crippen LogP contribution in [0.2, 0.25) is 0 Å². The van der Waals surface area contributed by atoms with Crippen LogP contribution in [0.15, 0.2) is 52.0 Å². The van der Waals surface area contributed by atoms with Gasteiger partial charge < -0.3 is 0 Å². The van der Waals surface area contributed by atoms with E-state index < -0.39 is 17.4 Å². The number of hydrogen-bond donors (Lipinski definition) is 0. The normalized spacial score (nSPS) is 15.7. The first-order chi connectivity index (χ1) is 9.99. The summed E-state index contributed by atoms with van der Waals surface area (Å²) in [6.07, 6.45) is 1.19. The van der Waals surface area contributed by atoms with Gasteiger partial charge in [0.25, 0.3) is 0 Å². The van der Waals surface area contributed by atoms with E-state index in [-0.39, 0.29) is 15.1 Å². The Hall–Kier alpha value is -1.78. The summed E-state index contributed by atoms with van der Waals surface area (Å²) in [4.78, 5) is 24.1. The number of ketones is 2. The second-order valence-electron chi connectivity index (χ2n) is 4.55. The summed E-state index contributed by atoms with van der Waals surface area (Å²) >= 11 is 8.80. The average molecular weight is 366 g/mol. The zero-order chi connectivity index (χ0) is 15.1. The van der Waals surface area contributed by atoms with Crippen molar-refractivity contribution < 1.29 is 14.0 Å². The summed E-state index contributed by atoms with van der Waals surface area (Å²) in [5, 5.41) is 1.21. The first-order valence-electron chi connectivity index (χ1n) is 6.03. The number of benzene rings is 2. The van der Waals surface area contributed by atoms with E-state index in [9.17, 15) is 14.0 Å². The Bertz CT molecular complexity index is 868. The molecule has 0 bridgehead atoms. The lowest BCUT2D eigenvalue weighted by Gasteiger charge is -2.14. The molecular weight excluding hydrogens is 359 g/mol. The molecule has 1 aliphatic rings. The van der Waals surface area contributed by atoms with Crippen LogP contribution in [-0.2, 0) is 9.59 Å². The van der Waals surface area contributed by atoms with Crippen molar-refractivity contribution in [2.24, 2.45) is 0 Å². The molecule has 0 fully saturated rings. The van der Waals surface area contributed by atoms with Gasteiger partial charge in [-0.3, -0.25) is 9.59 Å². The van der Waals surface area contributed by atoms with E-state index in [0.29, 0.717) is 10.9 Å². The number of allylic oxidation sites excluding steroid dienone is 4. The quantitative estimate of drug-likeness (QED) is 0.704. The van der Waals surface area contributed by atoms with Gasteiger partial charge in [-0.1, -0.05) is 35.9 Å². The molecule has 0 saturated heterocycles. The highest BCUT2D eigenvalue weighted by molar-refractivity contribution is 9.12. The van der Waals surface area contributed by atoms with Gasteiger partial charge in [0.1, 0.15) is 10.8 Å². The zero-order valence-corrected chi connectivity index (χ0v) is 12.8. The monoisotopic (exact) mass is 364 g/mol. The Kier molecular flexibility index (Phi) is 3.51. The molecule has 0 atom stereocenters. The van der Waals surface area contributed by atoms with Crippen LogP contribution in [0.3, 0.4) is 0 Å². The van der Waals surface area contributed by atoms with Crippen molar-refractivity contribution in [3.05, 3.63) is 63.4 Å². The van der Waals surface area contributed by atoms with Gasteiger partial charge in [0.05, 0.1) is 4.48 Å². The molecule has 0 N–H and O–H groups in total. The summed E-state index contributed by atoms with van der Waals surface area (Å²) in [6.45, 7) is 0. The van der Waals surface area contributed by atoms with Gasteiger partial charge in [-0.15, -0.1) is 0 Å². The second kappa shape index (κ2) is 5.20. The minimum Gasteiger partial charge on any atom is -0.288 e. The Labute approximate surface area is 133 Å². The van der Waals surface area contributed by atoms with Crippen LogP contribution in [-0.4, -0.2) is 11.6 Å². The van der Waals surface area contributed by atoms with Crippen LogP contribution >= 0.6 is 27.5 Å². The number of Topliss-reactive ketones (excluding diaryl/α,β-unsaturated/α-hetero) is 1. The van der Waals surface area contributed by atoms with Gasteiger partial charge in [0, 0.05) is 5.57 Å². The molecule has 0 spiro atoms. The van der Waals surface area contributed by atoms with E-state index in [1.165, 1.54) is 18.2 Å². The van der Waals surface area contributed by atoms with Crippen molar-refractivity contribution in [2.45, 2.75) is 0 Å². The van der Waals surface area contributed by atoms with Crippen molar-refractivity contribution in [3.63, 3.8) is 0 Å². The molecule has 21 heavy (non-hydrogen) atoms. The smallest absolute Gasteiger partial charge is 0.202 e. The van der Waals surface area contributed by atoms with Gasteiger partial charge in [0.15, 0.2) is 5.78 Å². The maximum absolute atomic E-state index is 13.5. The third-order valence-corrected chi connectivity index (χ3v) is 4.62. The SMILES string of the molecule is O=C1C=C(c2cccc3ccc(F)cc23)C(=O)C(Br)=C1Cl. The highest BCUT2D eigenvalue weighted by Gasteiger charge is 2.27. The minimum absolute atomic E-state index is 0.0278. The van der Waals surface area contributed by atoms with Gasteiger partial charge in [-0.25, -0.2) is 4.39 Å². The van der Waals surface area contributed by atoms with E-state index in [1.807, 2.05) is 6.07 Å². The highest BCUT2D eigenvalue weighted by atomic mass is 79.9.